The Morgan fingerprint density at radius 1 is 0.971 bits per heavy atom. The number of ether oxygens (including phenoxy) is 2. The van der Waals surface area contributed by atoms with Crippen molar-refractivity contribution in [3.8, 4) is 11.5 Å². The second kappa shape index (κ2) is 10.5. The summed E-state index contributed by atoms with van der Waals surface area (Å²) in [6, 6.07) is 10.7. The van der Waals surface area contributed by atoms with Crippen LogP contribution >= 0.6 is 0 Å². The smallest absolute Gasteiger partial charge is 0.290 e. The van der Waals surface area contributed by atoms with E-state index in [2.05, 4.69) is 4.90 Å². The van der Waals surface area contributed by atoms with E-state index in [1.165, 1.54) is 0 Å². The molecule has 1 unspecified atom stereocenters. The Bertz CT molecular complexity index is 1280. The lowest BCUT2D eigenvalue weighted by Gasteiger charge is -2.26. The van der Waals surface area contributed by atoms with Gasteiger partial charge in [0.15, 0.2) is 16.9 Å². The highest BCUT2D eigenvalue weighted by molar-refractivity contribution is 5.99. The second-order valence-corrected chi connectivity index (χ2v) is 8.99. The molecular weight excluding hydrogens is 444 g/mol. The van der Waals surface area contributed by atoms with Crippen molar-refractivity contribution in [1.29, 1.82) is 0 Å². The number of carbonyl (C=O) groups is 1. The fourth-order valence-electron chi connectivity index (χ4n) is 4.66. The minimum atomic E-state index is -0.555. The third-order valence-electron chi connectivity index (χ3n) is 6.33. The molecule has 0 spiro atoms. The number of carbonyl (C=O) groups excluding carboxylic acids is 1. The summed E-state index contributed by atoms with van der Waals surface area (Å²) in [5.74, 6) is 1.11. The van der Waals surface area contributed by atoms with Crippen LogP contribution in [-0.4, -0.2) is 56.1 Å². The van der Waals surface area contributed by atoms with E-state index in [0.717, 1.165) is 30.5 Å². The maximum absolute atomic E-state index is 13.8. The molecule has 186 valence electrons. The van der Waals surface area contributed by atoms with Gasteiger partial charge in [0.05, 0.1) is 30.2 Å². The molecule has 2 aromatic carbocycles. The summed E-state index contributed by atoms with van der Waals surface area (Å²) >= 11 is 0. The van der Waals surface area contributed by atoms with Gasteiger partial charge < -0.3 is 23.7 Å². The zero-order valence-corrected chi connectivity index (χ0v) is 21.2. The van der Waals surface area contributed by atoms with Crippen LogP contribution in [0.15, 0.2) is 45.6 Å². The van der Waals surface area contributed by atoms with Gasteiger partial charge in [0.2, 0.25) is 5.76 Å². The van der Waals surface area contributed by atoms with Crippen LogP contribution in [-0.2, 0) is 6.42 Å². The molecule has 0 saturated heterocycles. The Balaban J connectivity index is 1.89. The highest BCUT2D eigenvalue weighted by Gasteiger charge is 2.42. The molecule has 7 nitrogen and oxygen atoms in total. The standard InChI is InChI=1S/C28H34N2O5/c1-6-18-10-12-21-20(16-18)26(31)24-25(19-11-13-22(33-7-2)23(17-19)34-8-3)30(15-9-14-29(4)5)28(32)27(24)35-21/h10-13,16-17,25H,6-9,14-15H2,1-5H3. The molecule has 7 heteroatoms. The Labute approximate surface area is 206 Å². The van der Waals surface area contributed by atoms with Crippen molar-refractivity contribution >= 4 is 16.9 Å². The van der Waals surface area contributed by atoms with Gasteiger partial charge in [0.25, 0.3) is 5.91 Å². The first-order valence-corrected chi connectivity index (χ1v) is 12.3. The molecule has 0 N–H and O–H groups in total. The predicted molar refractivity (Wildman–Crippen MR) is 137 cm³/mol. The number of benzene rings is 2. The van der Waals surface area contributed by atoms with Crippen LogP contribution in [0.4, 0.5) is 0 Å². The Hall–Kier alpha value is -3.32. The molecule has 0 bridgehead atoms. The molecule has 1 amide bonds. The molecule has 0 saturated carbocycles. The van der Waals surface area contributed by atoms with Gasteiger partial charge in [0.1, 0.15) is 5.58 Å². The molecular formula is C28H34N2O5. The molecule has 1 aromatic heterocycles. The van der Waals surface area contributed by atoms with Gasteiger partial charge in [-0.2, -0.15) is 0 Å². The third kappa shape index (κ3) is 4.78. The molecule has 3 aromatic rings. The van der Waals surface area contributed by atoms with E-state index in [0.29, 0.717) is 47.8 Å². The van der Waals surface area contributed by atoms with E-state index in [9.17, 15) is 9.59 Å². The lowest BCUT2D eigenvalue weighted by molar-refractivity contribution is 0.0722. The van der Waals surface area contributed by atoms with Crippen LogP contribution in [0.2, 0.25) is 0 Å². The maximum atomic E-state index is 13.8. The minimum Gasteiger partial charge on any atom is -0.490 e. The first-order valence-electron chi connectivity index (χ1n) is 12.3. The lowest BCUT2D eigenvalue weighted by Crippen LogP contribution is -2.32. The molecule has 1 aliphatic heterocycles. The van der Waals surface area contributed by atoms with E-state index in [-0.39, 0.29) is 17.1 Å². The van der Waals surface area contributed by atoms with Crippen LogP contribution in [0.1, 0.15) is 60.5 Å². The molecule has 0 radical (unpaired) electrons. The number of nitrogens with zero attached hydrogens (tertiary/aromatic N) is 2. The van der Waals surface area contributed by atoms with Gasteiger partial charge in [-0.15, -0.1) is 0 Å². The zero-order valence-electron chi connectivity index (χ0n) is 21.2. The summed E-state index contributed by atoms with van der Waals surface area (Å²) in [5, 5.41) is 0.506. The van der Waals surface area contributed by atoms with Crippen molar-refractivity contribution in [2.75, 3.05) is 40.4 Å². The van der Waals surface area contributed by atoms with Crippen molar-refractivity contribution in [1.82, 2.24) is 9.80 Å². The topological polar surface area (TPSA) is 72.2 Å². The zero-order chi connectivity index (χ0) is 25.1. The van der Waals surface area contributed by atoms with Crippen LogP contribution < -0.4 is 14.9 Å². The summed E-state index contributed by atoms with van der Waals surface area (Å²) in [6.07, 6.45) is 1.58. The average molecular weight is 479 g/mol. The quantitative estimate of drug-likeness (QED) is 0.422. The van der Waals surface area contributed by atoms with E-state index in [4.69, 9.17) is 13.9 Å². The molecule has 35 heavy (non-hydrogen) atoms. The van der Waals surface area contributed by atoms with E-state index < -0.39 is 6.04 Å². The first-order chi connectivity index (χ1) is 16.9. The van der Waals surface area contributed by atoms with Crippen molar-refractivity contribution in [3.63, 3.8) is 0 Å². The van der Waals surface area contributed by atoms with Gasteiger partial charge in [0, 0.05) is 6.54 Å². The number of amides is 1. The summed E-state index contributed by atoms with van der Waals surface area (Å²) in [7, 11) is 4.00. The number of hydrogen-bond acceptors (Lipinski definition) is 6. The fourth-order valence-corrected chi connectivity index (χ4v) is 4.66. The monoisotopic (exact) mass is 478 g/mol. The lowest BCUT2D eigenvalue weighted by atomic mass is 9.97. The largest absolute Gasteiger partial charge is 0.490 e. The summed E-state index contributed by atoms with van der Waals surface area (Å²) in [5.41, 5.74) is 2.53. The number of aryl methyl sites for hydroxylation is 1. The van der Waals surface area contributed by atoms with Gasteiger partial charge >= 0.3 is 0 Å². The van der Waals surface area contributed by atoms with Crippen LogP contribution in [0.25, 0.3) is 11.0 Å². The van der Waals surface area contributed by atoms with Gasteiger partial charge in [-0.25, -0.2) is 0 Å². The second-order valence-electron chi connectivity index (χ2n) is 8.99. The van der Waals surface area contributed by atoms with Crippen LogP contribution in [0.3, 0.4) is 0 Å². The minimum absolute atomic E-state index is 0.133. The van der Waals surface area contributed by atoms with Gasteiger partial charge in [-0.05, 0) is 82.7 Å². The van der Waals surface area contributed by atoms with Crippen molar-refractivity contribution < 1.29 is 18.7 Å². The van der Waals surface area contributed by atoms with Crippen molar-refractivity contribution in [3.05, 3.63) is 69.1 Å². The molecule has 4 rings (SSSR count). The Morgan fingerprint density at radius 3 is 2.40 bits per heavy atom. The molecule has 1 atom stereocenters. The van der Waals surface area contributed by atoms with E-state index in [1.54, 1.807) is 11.0 Å². The predicted octanol–water partition coefficient (Wildman–Crippen LogP) is 4.65. The average Bonchev–Trinajstić information content (AvgIpc) is 3.12. The van der Waals surface area contributed by atoms with Crippen LogP contribution in [0, 0.1) is 0 Å². The first kappa shape index (κ1) is 24.8. The normalized spacial score (nSPS) is 15.2. The van der Waals surface area contributed by atoms with Gasteiger partial charge in [-0.3, -0.25) is 9.59 Å². The number of rotatable bonds is 10. The molecule has 0 fully saturated rings. The third-order valence-corrected chi connectivity index (χ3v) is 6.33. The maximum Gasteiger partial charge on any atom is 0.290 e. The van der Waals surface area contributed by atoms with E-state index >= 15 is 0 Å². The molecule has 2 heterocycles. The Kier molecular flexibility index (Phi) is 7.45. The number of fused-ring (bicyclic) bond motifs is 2. The molecule has 1 aliphatic rings. The Morgan fingerprint density at radius 2 is 1.71 bits per heavy atom. The highest BCUT2D eigenvalue weighted by atomic mass is 16.5. The van der Waals surface area contributed by atoms with Crippen LogP contribution in [0.5, 0.6) is 11.5 Å². The summed E-state index contributed by atoms with van der Waals surface area (Å²) in [6.45, 7) is 8.19. The molecule has 0 aliphatic carbocycles. The van der Waals surface area contributed by atoms with Crippen molar-refractivity contribution in [2.24, 2.45) is 0 Å². The highest BCUT2D eigenvalue weighted by Crippen LogP contribution is 2.41. The summed E-state index contributed by atoms with van der Waals surface area (Å²) in [4.78, 5) is 31.2. The van der Waals surface area contributed by atoms with Gasteiger partial charge in [-0.1, -0.05) is 19.1 Å². The van der Waals surface area contributed by atoms with Crippen molar-refractivity contribution in [2.45, 2.75) is 39.7 Å². The van der Waals surface area contributed by atoms with E-state index in [1.807, 2.05) is 65.2 Å². The number of hydrogen-bond donors (Lipinski definition) is 0. The fraction of sp³-hybridized carbons (Fsp3) is 0.429. The summed E-state index contributed by atoms with van der Waals surface area (Å²) < 4.78 is 17.7. The SMILES string of the molecule is CCOc1ccc(C2c3c(oc4ccc(CC)cc4c3=O)C(=O)N2CCCN(C)C)cc1OCC.